The highest BCUT2D eigenvalue weighted by atomic mass is 16.5. The van der Waals surface area contributed by atoms with Crippen LogP contribution in [0, 0.1) is 0 Å². The largest absolute Gasteiger partial charge is 0.493 e. The van der Waals surface area contributed by atoms with Crippen LogP contribution in [0.5, 0.6) is 11.5 Å². The molecule has 0 bridgehead atoms. The fourth-order valence-electron chi connectivity index (χ4n) is 2.87. The monoisotopic (exact) mass is 327 g/mol. The second kappa shape index (κ2) is 6.70. The number of hydrogen-bond donors (Lipinski definition) is 2. The number of urea groups is 1. The molecule has 6 heteroatoms. The summed E-state index contributed by atoms with van der Waals surface area (Å²) in [5.41, 5.74) is 9.57. The molecule has 2 amide bonds. The molecule has 0 spiro atoms. The Balaban J connectivity index is 1.72. The first-order valence-electron chi connectivity index (χ1n) is 7.76. The standard InChI is InChI=1S/C18H21N3O3/c1-23-16-6-5-15(10-17(16)24-2)20-18(22)21-8-7-12-3-4-14(19)9-13(12)11-21/h3-6,9-10H,7-8,11,19H2,1-2H3,(H,20,22). The maximum Gasteiger partial charge on any atom is 0.322 e. The molecule has 0 saturated carbocycles. The van der Waals surface area contributed by atoms with E-state index in [2.05, 4.69) is 5.32 Å². The maximum atomic E-state index is 12.5. The van der Waals surface area contributed by atoms with Crippen LogP contribution in [0.2, 0.25) is 0 Å². The first kappa shape index (κ1) is 16.0. The summed E-state index contributed by atoms with van der Waals surface area (Å²) in [7, 11) is 3.14. The first-order chi connectivity index (χ1) is 11.6. The number of carbonyl (C=O) groups excluding carboxylic acids is 1. The second-order valence-corrected chi connectivity index (χ2v) is 5.70. The van der Waals surface area contributed by atoms with Crippen molar-refractivity contribution in [3.63, 3.8) is 0 Å². The molecule has 2 aromatic carbocycles. The Labute approximate surface area is 141 Å². The van der Waals surface area contributed by atoms with E-state index in [-0.39, 0.29) is 6.03 Å². The Morgan fingerprint density at radius 2 is 1.88 bits per heavy atom. The van der Waals surface area contributed by atoms with Crippen molar-refractivity contribution in [2.75, 3.05) is 31.8 Å². The van der Waals surface area contributed by atoms with Gasteiger partial charge in [0.15, 0.2) is 11.5 Å². The van der Waals surface area contributed by atoms with E-state index in [1.165, 1.54) is 5.56 Å². The molecule has 126 valence electrons. The zero-order chi connectivity index (χ0) is 17.1. The lowest BCUT2D eigenvalue weighted by Gasteiger charge is -2.29. The van der Waals surface area contributed by atoms with Crippen LogP contribution in [-0.2, 0) is 13.0 Å². The average Bonchev–Trinajstić information content (AvgIpc) is 2.60. The minimum atomic E-state index is -0.143. The normalized spacial score (nSPS) is 13.2. The third kappa shape index (κ3) is 3.22. The van der Waals surface area contributed by atoms with E-state index >= 15 is 0 Å². The lowest BCUT2D eigenvalue weighted by atomic mass is 9.99. The minimum absolute atomic E-state index is 0.143. The molecule has 1 aliphatic heterocycles. The van der Waals surface area contributed by atoms with Gasteiger partial charge in [-0.05, 0) is 41.8 Å². The molecule has 0 atom stereocenters. The minimum Gasteiger partial charge on any atom is -0.493 e. The van der Waals surface area contributed by atoms with Gasteiger partial charge in [-0.15, -0.1) is 0 Å². The van der Waals surface area contributed by atoms with E-state index in [1.54, 1.807) is 37.3 Å². The van der Waals surface area contributed by atoms with Gasteiger partial charge in [-0.25, -0.2) is 4.79 Å². The fraction of sp³-hybridized carbons (Fsp3) is 0.278. The highest BCUT2D eigenvalue weighted by Gasteiger charge is 2.21. The van der Waals surface area contributed by atoms with Crippen molar-refractivity contribution >= 4 is 17.4 Å². The molecule has 0 aliphatic carbocycles. The van der Waals surface area contributed by atoms with Gasteiger partial charge in [0.2, 0.25) is 0 Å². The molecule has 1 aliphatic rings. The second-order valence-electron chi connectivity index (χ2n) is 5.70. The lowest BCUT2D eigenvalue weighted by Crippen LogP contribution is -2.38. The molecule has 3 rings (SSSR count). The molecule has 0 unspecified atom stereocenters. The van der Waals surface area contributed by atoms with Gasteiger partial charge in [0.1, 0.15) is 0 Å². The topological polar surface area (TPSA) is 76.8 Å². The quantitative estimate of drug-likeness (QED) is 0.850. The summed E-state index contributed by atoms with van der Waals surface area (Å²) in [6.45, 7) is 1.23. The van der Waals surface area contributed by atoms with E-state index in [9.17, 15) is 4.79 Å². The third-order valence-corrected chi connectivity index (χ3v) is 4.16. The Kier molecular flexibility index (Phi) is 4.46. The van der Waals surface area contributed by atoms with E-state index in [1.807, 2.05) is 18.2 Å². The van der Waals surface area contributed by atoms with Gasteiger partial charge in [-0.2, -0.15) is 0 Å². The lowest BCUT2D eigenvalue weighted by molar-refractivity contribution is 0.206. The van der Waals surface area contributed by atoms with Crippen LogP contribution in [0.25, 0.3) is 0 Å². The van der Waals surface area contributed by atoms with Crippen molar-refractivity contribution in [3.05, 3.63) is 47.5 Å². The SMILES string of the molecule is COc1ccc(NC(=O)N2CCc3ccc(N)cc3C2)cc1OC. The number of nitrogens with two attached hydrogens (primary N) is 1. The number of benzene rings is 2. The summed E-state index contributed by atoms with van der Waals surface area (Å²) in [5.74, 6) is 1.20. The zero-order valence-electron chi connectivity index (χ0n) is 13.8. The van der Waals surface area contributed by atoms with Crippen molar-refractivity contribution in [2.45, 2.75) is 13.0 Å². The molecule has 3 N–H and O–H groups in total. The van der Waals surface area contributed by atoms with Crippen LogP contribution >= 0.6 is 0 Å². The average molecular weight is 327 g/mol. The number of nitrogen functional groups attached to an aromatic ring is 1. The molecule has 2 aromatic rings. The number of fused-ring (bicyclic) bond motifs is 1. The van der Waals surface area contributed by atoms with Crippen molar-refractivity contribution in [3.8, 4) is 11.5 Å². The first-order valence-corrected chi connectivity index (χ1v) is 7.76. The molecule has 0 aromatic heterocycles. The van der Waals surface area contributed by atoms with Crippen molar-refractivity contribution < 1.29 is 14.3 Å². The number of carbonyl (C=O) groups is 1. The summed E-state index contributed by atoms with van der Waals surface area (Å²) in [6, 6.07) is 11.0. The fourth-order valence-corrected chi connectivity index (χ4v) is 2.87. The van der Waals surface area contributed by atoms with E-state index in [0.717, 1.165) is 17.7 Å². The number of hydrogen-bond acceptors (Lipinski definition) is 4. The number of anilines is 2. The van der Waals surface area contributed by atoms with Gasteiger partial charge in [-0.1, -0.05) is 6.07 Å². The predicted molar refractivity (Wildman–Crippen MR) is 93.5 cm³/mol. The van der Waals surface area contributed by atoms with Crippen LogP contribution < -0.4 is 20.5 Å². The summed E-state index contributed by atoms with van der Waals surface area (Å²) < 4.78 is 10.5. The molecular formula is C18H21N3O3. The summed E-state index contributed by atoms with van der Waals surface area (Å²) in [5, 5.41) is 2.90. The Hall–Kier alpha value is -2.89. The number of ether oxygens (including phenoxy) is 2. The van der Waals surface area contributed by atoms with Crippen LogP contribution in [0.4, 0.5) is 16.2 Å². The van der Waals surface area contributed by atoms with E-state index in [0.29, 0.717) is 30.3 Å². The molecular weight excluding hydrogens is 306 g/mol. The van der Waals surface area contributed by atoms with Crippen molar-refractivity contribution in [1.29, 1.82) is 0 Å². The van der Waals surface area contributed by atoms with Crippen LogP contribution in [0.15, 0.2) is 36.4 Å². The maximum absolute atomic E-state index is 12.5. The number of nitrogens with zero attached hydrogens (tertiary/aromatic N) is 1. The van der Waals surface area contributed by atoms with Crippen LogP contribution in [0.3, 0.4) is 0 Å². The van der Waals surface area contributed by atoms with Gasteiger partial charge >= 0.3 is 6.03 Å². The molecule has 0 fully saturated rings. The predicted octanol–water partition coefficient (Wildman–Crippen LogP) is 2.88. The van der Waals surface area contributed by atoms with Gasteiger partial charge in [0.05, 0.1) is 14.2 Å². The number of nitrogens with one attached hydrogen (secondary N) is 1. The van der Waals surface area contributed by atoms with Gasteiger partial charge < -0.3 is 25.4 Å². The van der Waals surface area contributed by atoms with E-state index < -0.39 is 0 Å². The smallest absolute Gasteiger partial charge is 0.322 e. The van der Waals surface area contributed by atoms with Crippen LogP contribution in [0.1, 0.15) is 11.1 Å². The molecule has 6 nitrogen and oxygen atoms in total. The van der Waals surface area contributed by atoms with Gasteiger partial charge in [0, 0.05) is 30.5 Å². The highest BCUT2D eigenvalue weighted by Crippen LogP contribution is 2.30. The third-order valence-electron chi connectivity index (χ3n) is 4.16. The Morgan fingerprint density at radius 1 is 1.08 bits per heavy atom. The van der Waals surface area contributed by atoms with Crippen molar-refractivity contribution in [2.24, 2.45) is 0 Å². The Morgan fingerprint density at radius 3 is 2.62 bits per heavy atom. The highest BCUT2D eigenvalue weighted by molar-refractivity contribution is 5.90. The summed E-state index contributed by atoms with van der Waals surface area (Å²) >= 11 is 0. The summed E-state index contributed by atoms with van der Waals surface area (Å²) in [4.78, 5) is 14.3. The summed E-state index contributed by atoms with van der Waals surface area (Å²) in [6.07, 6.45) is 0.828. The molecule has 24 heavy (non-hydrogen) atoms. The van der Waals surface area contributed by atoms with Crippen molar-refractivity contribution in [1.82, 2.24) is 4.90 Å². The Bertz CT molecular complexity index is 761. The van der Waals surface area contributed by atoms with Gasteiger partial charge in [-0.3, -0.25) is 0 Å². The van der Waals surface area contributed by atoms with E-state index in [4.69, 9.17) is 15.2 Å². The molecule has 0 saturated heterocycles. The van der Waals surface area contributed by atoms with Gasteiger partial charge in [0.25, 0.3) is 0 Å². The number of rotatable bonds is 3. The van der Waals surface area contributed by atoms with Crippen LogP contribution in [-0.4, -0.2) is 31.7 Å². The zero-order valence-corrected chi connectivity index (χ0v) is 13.8. The number of methoxy groups -OCH3 is 2. The number of amides is 2. The molecule has 0 radical (unpaired) electrons. The molecule has 1 heterocycles.